The second kappa shape index (κ2) is 7.05. The minimum Gasteiger partial charge on any atom is -0.352 e. The lowest BCUT2D eigenvalue weighted by Crippen LogP contribution is -2.36. The van der Waals surface area contributed by atoms with Crippen molar-refractivity contribution in [2.75, 3.05) is 7.05 Å². The zero-order chi connectivity index (χ0) is 14.4. The highest BCUT2D eigenvalue weighted by molar-refractivity contribution is 7.11. The van der Waals surface area contributed by atoms with E-state index in [9.17, 15) is 0 Å². The van der Waals surface area contributed by atoms with Gasteiger partial charge in [-0.1, -0.05) is 6.07 Å². The highest BCUT2D eigenvalue weighted by atomic mass is 32.1. The third kappa shape index (κ3) is 4.06. The van der Waals surface area contributed by atoms with Crippen molar-refractivity contribution in [2.45, 2.75) is 26.9 Å². The van der Waals surface area contributed by atoms with Gasteiger partial charge in [0.1, 0.15) is 0 Å². The molecule has 2 N–H and O–H groups in total. The number of rotatable bonds is 4. The van der Waals surface area contributed by atoms with Gasteiger partial charge in [0.25, 0.3) is 0 Å². The molecule has 0 saturated carbocycles. The van der Waals surface area contributed by atoms with Gasteiger partial charge >= 0.3 is 0 Å². The van der Waals surface area contributed by atoms with E-state index < -0.39 is 0 Å². The molecule has 2 rings (SSSR count). The van der Waals surface area contributed by atoms with Crippen LogP contribution in [0.15, 0.2) is 35.5 Å². The predicted octanol–water partition coefficient (Wildman–Crippen LogP) is 2.63. The molecule has 0 radical (unpaired) electrons. The van der Waals surface area contributed by atoms with Crippen molar-refractivity contribution >= 4 is 17.3 Å². The summed E-state index contributed by atoms with van der Waals surface area (Å²) in [6, 6.07) is 8.29. The maximum atomic E-state index is 4.36. The van der Waals surface area contributed by atoms with E-state index >= 15 is 0 Å². The standard InChI is InChI=1S/C15H20N4S/c1-11-5-4-8-17-14(11)10-19-15(16-3)18-9-13-7-6-12(2)20-13/h4-8H,9-10H2,1-3H3,(H2,16,18,19). The van der Waals surface area contributed by atoms with Gasteiger partial charge in [-0.05, 0) is 37.6 Å². The molecule has 106 valence electrons. The molecule has 0 aliphatic rings. The lowest BCUT2D eigenvalue weighted by atomic mass is 10.2. The molecule has 20 heavy (non-hydrogen) atoms. The van der Waals surface area contributed by atoms with Gasteiger partial charge in [-0.25, -0.2) is 0 Å². The molecule has 0 spiro atoms. The van der Waals surface area contributed by atoms with E-state index in [0.29, 0.717) is 6.54 Å². The zero-order valence-electron chi connectivity index (χ0n) is 12.1. The van der Waals surface area contributed by atoms with Crippen LogP contribution in [0, 0.1) is 13.8 Å². The Hall–Kier alpha value is -1.88. The number of pyridine rings is 1. The normalized spacial score (nSPS) is 11.4. The van der Waals surface area contributed by atoms with Gasteiger partial charge in [0.15, 0.2) is 5.96 Å². The first-order valence-electron chi connectivity index (χ1n) is 6.59. The van der Waals surface area contributed by atoms with E-state index in [1.54, 1.807) is 18.4 Å². The van der Waals surface area contributed by atoms with Crippen molar-refractivity contribution in [3.05, 3.63) is 51.5 Å². The molecular formula is C15H20N4S. The van der Waals surface area contributed by atoms with Crippen molar-refractivity contribution in [2.24, 2.45) is 4.99 Å². The quantitative estimate of drug-likeness (QED) is 0.671. The van der Waals surface area contributed by atoms with Crippen LogP contribution >= 0.6 is 11.3 Å². The number of hydrogen-bond acceptors (Lipinski definition) is 3. The van der Waals surface area contributed by atoms with Gasteiger partial charge in [-0.3, -0.25) is 9.98 Å². The zero-order valence-corrected chi connectivity index (χ0v) is 12.9. The van der Waals surface area contributed by atoms with E-state index in [2.05, 4.69) is 52.7 Å². The topological polar surface area (TPSA) is 49.3 Å². The van der Waals surface area contributed by atoms with Gasteiger partial charge in [-0.2, -0.15) is 0 Å². The fraction of sp³-hybridized carbons (Fsp3) is 0.333. The molecule has 0 bridgehead atoms. The average molecular weight is 288 g/mol. The molecule has 5 heteroatoms. The maximum absolute atomic E-state index is 4.36. The Bertz CT molecular complexity index is 589. The van der Waals surface area contributed by atoms with E-state index in [0.717, 1.165) is 18.2 Å². The molecule has 0 fully saturated rings. The van der Waals surface area contributed by atoms with Crippen molar-refractivity contribution in [1.29, 1.82) is 0 Å². The number of nitrogens with zero attached hydrogens (tertiary/aromatic N) is 2. The van der Waals surface area contributed by atoms with Crippen LogP contribution < -0.4 is 10.6 Å². The summed E-state index contributed by atoms with van der Waals surface area (Å²) >= 11 is 1.80. The predicted molar refractivity (Wildman–Crippen MR) is 85.1 cm³/mol. The second-order valence-corrected chi connectivity index (χ2v) is 5.93. The number of aliphatic imine (C=N–C) groups is 1. The van der Waals surface area contributed by atoms with Gasteiger partial charge in [-0.15, -0.1) is 11.3 Å². The van der Waals surface area contributed by atoms with Crippen LogP contribution in [0.2, 0.25) is 0 Å². The van der Waals surface area contributed by atoms with Crippen LogP contribution in [-0.4, -0.2) is 18.0 Å². The van der Waals surface area contributed by atoms with Crippen LogP contribution in [0.5, 0.6) is 0 Å². The van der Waals surface area contributed by atoms with Crippen LogP contribution in [0.4, 0.5) is 0 Å². The van der Waals surface area contributed by atoms with Gasteiger partial charge in [0.05, 0.1) is 18.8 Å². The smallest absolute Gasteiger partial charge is 0.191 e. The lowest BCUT2D eigenvalue weighted by molar-refractivity contribution is 0.794. The first-order valence-corrected chi connectivity index (χ1v) is 7.41. The Balaban J connectivity index is 1.85. The highest BCUT2D eigenvalue weighted by Gasteiger charge is 2.02. The second-order valence-electron chi connectivity index (χ2n) is 4.56. The number of nitrogens with one attached hydrogen (secondary N) is 2. The molecule has 2 heterocycles. The average Bonchev–Trinajstić information content (AvgIpc) is 2.86. The number of guanidine groups is 1. The van der Waals surface area contributed by atoms with E-state index in [4.69, 9.17) is 0 Å². The Morgan fingerprint density at radius 3 is 2.65 bits per heavy atom. The molecule has 0 aliphatic heterocycles. The minimum atomic E-state index is 0.676. The molecule has 0 saturated heterocycles. The number of thiophene rings is 1. The molecule has 4 nitrogen and oxygen atoms in total. The number of aryl methyl sites for hydroxylation is 2. The summed E-state index contributed by atoms with van der Waals surface area (Å²) in [5, 5.41) is 6.59. The largest absolute Gasteiger partial charge is 0.352 e. The molecular weight excluding hydrogens is 268 g/mol. The SMILES string of the molecule is CN=C(NCc1ccc(C)s1)NCc1ncccc1C. The summed E-state index contributed by atoms with van der Waals surface area (Å²) in [7, 11) is 1.78. The minimum absolute atomic E-state index is 0.676. The third-order valence-electron chi connectivity index (χ3n) is 2.99. The molecule has 0 amide bonds. The molecule has 0 aliphatic carbocycles. The van der Waals surface area contributed by atoms with Crippen LogP contribution in [-0.2, 0) is 13.1 Å². The summed E-state index contributed by atoms with van der Waals surface area (Å²) in [5.74, 6) is 0.793. The summed E-state index contributed by atoms with van der Waals surface area (Å²) in [6.45, 7) is 5.65. The fourth-order valence-corrected chi connectivity index (χ4v) is 2.67. The summed E-state index contributed by atoms with van der Waals surface area (Å²) in [4.78, 5) is 11.2. The molecule has 2 aromatic heterocycles. The Labute approximate surface area is 124 Å². The van der Waals surface area contributed by atoms with Crippen LogP contribution in [0.25, 0.3) is 0 Å². The Kier molecular flexibility index (Phi) is 5.12. The van der Waals surface area contributed by atoms with Gasteiger partial charge in [0, 0.05) is 23.0 Å². The Morgan fingerprint density at radius 1 is 1.20 bits per heavy atom. The summed E-state index contributed by atoms with van der Waals surface area (Å²) in [5.41, 5.74) is 2.23. The molecule has 0 unspecified atom stereocenters. The summed E-state index contributed by atoms with van der Waals surface area (Å²) in [6.07, 6.45) is 1.81. The van der Waals surface area contributed by atoms with Crippen molar-refractivity contribution < 1.29 is 0 Å². The van der Waals surface area contributed by atoms with Crippen molar-refractivity contribution in [3.63, 3.8) is 0 Å². The van der Waals surface area contributed by atoms with Crippen molar-refractivity contribution in [1.82, 2.24) is 15.6 Å². The summed E-state index contributed by atoms with van der Waals surface area (Å²) < 4.78 is 0. The van der Waals surface area contributed by atoms with Gasteiger partial charge < -0.3 is 10.6 Å². The van der Waals surface area contributed by atoms with E-state index in [1.807, 2.05) is 12.3 Å². The maximum Gasteiger partial charge on any atom is 0.191 e. The van der Waals surface area contributed by atoms with Crippen LogP contribution in [0.1, 0.15) is 21.0 Å². The number of aromatic nitrogens is 1. The fourth-order valence-electron chi connectivity index (χ4n) is 1.84. The monoisotopic (exact) mass is 288 g/mol. The van der Waals surface area contributed by atoms with Gasteiger partial charge in [0.2, 0.25) is 0 Å². The number of hydrogen-bond donors (Lipinski definition) is 2. The van der Waals surface area contributed by atoms with Crippen LogP contribution in [0.3, 0.4) is 0 Å². The highest BCUT2D eigenvalue weighted by Crippen LogP contribution is 2.14. The lowest BCUT2D eigenvalue weighted by Gasteiger charge is -2.11. The van der Waals surface area contributed by atoms with Crippen molar-refractivity contribution in [3.8, 4) is 0 Å². The molecule has 2 aromatic rings. The Morgan fingerprint density at radius 2 is 2.00 bits per heavy atom. The first-order chi connectivity index (χ1) is 9.69. The van der Waals surface area contributed by atoms with E-state index in [1.165, 1.54) is 15.3 Å². The first kappa shape index (κ1) is 14.5. The molecule has 0 aromatic carbocycles. The molecule has 0 atom stereocenters. The third-order valence-corrected chi connectivity index (χ3v) is 3.99. The van der Waals surface area contributed by atoms with E-state index in [-0.39, 0.29) is 0 Å².